The lowest BCUT2D eigenvalue weighted by Gasteiger charge is -2.14. The zero-order chi connectivity index (χ0) is 12.3. The lowest BCUT2D eigenvalue weighted by atomic mass is 9.94. The van der Waals surface area contributed by atoms with Gasteiger partial charge in [-0.15, -0.1) is 20.2 Å². The van der Waals surface area contributed by atoms with Crippen molar-refractivity contribution >= 4 is 0 Å². The third-order valence-corrected chi connectivity index (χ3v) is 2.87. The summed E-state index contributed by atoms with van der Waals surface area (Å²) in [4.78, 5) is 29.2. The zero-order valence-electron chi connectivity index (χ0n) is 9.07. The first-order valence-electron chi connectivity index (χ1n) is 5.02. The van der Waals surface area contributed by atoms with Crippen molar-refractivity contribution in [2.24, 2.45) is 11.8 Å². The van der Waals surface area contributed by atoms with Crippen molar-refractivity contribution in [1.29, 1.82) is 0 Å². The number of hydrogen-bond acceptors (Lipinski definition) is 6. The maximum absolute atomic E-state index is 10.2. The van der Waals surface area contributed by atoms with E-state index < -0.39 is 22.4 Å². The van der Waals surface area contributed by atoms with Crippen LogP contribution in [0, 0.1) is 32.1 Å². The summed E-state index contributed by atoms with van der Waals surface area (Å²) in [7, 11) is 0. The molecule has 1 rings (SSSR count). The van der Waals surface area contributed by atoms with Gasteiger partial charge < -0.3 is 9.68 Å². The quantitative estimate of drug-likeness (QED) is 0.522. The fourth-order valence-corrected chi connectivity index (χ4v) is 1.98. The second kappa shape index (κ2) is 4.95. The summed E-state index contributed by atoms with van der Waals surface area (Å²) in [5, 5.41) is 18.6. The smallest absolute Gasteiger partial charge is 0.294 e. The van der Waals surface area contributed by atoms with E-state index in [2.05, 4.69) is 9.68 Å². The van der Waals surface area contributed by atoms with E-state index in [4.69, 9.17) is 0 Å². The van der Waals surface area contributed by atoms with Gasteiger partial charge in [0.15, 0.2) is 0 Å². The van der Waals surface area contributed by atoms with Gasteiger partial charge in [0.2, 0.25) is 0 Å². The van der Waals surface area contributed by atoms with Crippen LogP contribution < -0.4 is 0 Å². The minimum absolute atomic E-state index is 0.148. The summed E-state index contributed by atoms with van der Waals surface area (Å²) >= 11 is 0. The Morgan fingerprint density at radius 3 is 1.69 bits per heavy atom. The van der Waals surface area contributed by atoms with E-state index in [0.29, 0.717) is 18.8 Å². The Hall–Kier alpha value is -1.60. The van der Waals surface area contributed by atoms with Gasteiger partial charge >= 0.3 is 0 Å². The zero-order valence-corrected chi connectivity index (χ0v) is 9.07. The van der Waals surface area contributed by atoms with Gasteiger partial charge in [-0.05, 0) is 24.7 Å². The average molecular weight is 234 g/mol. The Bertz CT molecular complexity index is 258. The Morgan fingerprint density at radius 1 is 1.06 bits per heavy atom. The molecular formula is C8H14N2O6. The normalized spacial score (nSPS) is 25.7. The minimum Gasteiger partial charge on any atom is -0.308 e. The van der Waals surface area contributed by atoms with Crippen LogP contribution in [0.3, 0.4) is 0 Å². The fraction of sp³-hybridized carbons (Fsp3) is 1.00. The highest BCUT2D eigenvalue weighted by Gasteiger charge is 2.40. The lowest BCUT2D eigenvalue weighted by molar-refractivity contribution is -0.797. The van der Waals surface area contributed by atoms with Gasteiger partial charge in [-0.1, -0.05) is 13.8 Å². The van der Waals surface area contributed by atoms with Gasteiger partial charge in [0, 0.05) is 0 Å². The first-order chi connectivity index (χ1) is 7.40. The van der Waals surface area contributed by atoms with Gasteiger partial charge in [0.1, 0.15) is 12.2 Å². The molecule has 0 N–H and O–H groups in total. The Morgan fingerprint density at radius 2 is 1.44 bits per heavy atom. The molecule has 1 aliphatic rings. The van der Waals surface area contributed by atoms with E-state index in [-0.39, 0.29) is 5.92 Å². The van der Waals surface area contributed by atoms with Crippen LogP contribution in [0.25, 0.3) is 0 Å². The van der Waals surface area contributed by atoms with Gasteiger partial charge in [0.25, 0.3) is 10.2 Å². The number of hydrogen-bond donors (Lipinski definition) is 0. The molecule has 1 fully saturated rings. The highest BCUT2D eigenvalue weighted by Crippen LogP contribution is 2.35. The van der Waals surface area contributed by atoms with E-state index >= 15 is 0 Å². The molecule has 0 amide bonds. The second-order valence-electron chi connectivity index (χ2n) is 4.21. The van der Waals surface area contributed by atoms with Crippen LogP contribution in [0.5, 0.6) is 0 Å². The molecule has 0 aliphatic heterocycles. The van der Waals surface area contributed by atoms with Gasteiger partial charge in [-0.2, -0.15) is 0 Å². The van der Waals surface area contributed by atoms with Crippen LogP contribution >= 0.6 is 0 Å². The summed E-state index contributed by atoms with van der Waals surface area (Å²) in [5.74, 6) is 0.438. The van der Waals surface area contributed by atoms with Gasteiger partial charge in [-0.3, -0.25) is 0 Å². The molecule has 0 radical (unpaired) electrons. The molecule has 0 unspecified atom stereocenters. The highest BCUT2D eigenvalue weighted by molar-refractivity contribution is 4.85. The molecular weight excluding hydrogens is 220 g/mol. The van der Waals surface area contributed by atoms with Crippen molar-refractivity contribution in [2.45, 2.75) is 38.9 Å². The minimum atomic E-state index is -0.927. The summed E-state index contributed by atoms with van der Waals surface area (Å²) in [6.07, 6.45) is -0.852. The van der Waals surface area contributed by atoms with Crippen LogP contribution in [0.15, 0.2) is 0 Å². The first-order valence-corrected chi connectivity index (χ1v) is 5.02. The van der Waals surface area contributed by atoms with Crippen LogP contribution in [0.1, 0.15) is 26.7 Å². The predicted molar refractivity (Wildman–Crippen MR) is 51.3 cm³/mol. The molecule has 0 aromatic carbocycles. The van der Waals surface area contributed by atoms with Crippen LogP contribution in [-0.2, 0) is 9.68 Å². The van der Waals surface area contributed by atoms with Crippen LogP contribution in [0.4, 0.5) is 0 Å². The van der Waals surface area contributed by atoms with E-state index in [1.165, 1.54) is 0 Å². The van der Waals surface area contributed by atoms with Gasteiger partial charge in [0.05, 0.1) is 0 Å². The maximum atomic E-state index is 10.2. The van der Waals surface area contributed by atoms with Gasteiger partial charge in [-0.25, -0.2) is 0 Å². The Balaban J connectivity index is 2.63. The molecule has 8 heteroatoms. The van der Waals surface area contributed by atoms with Crippen LogP contribution in [-0.4, -0.2) is 22.4 Å². The summed E-state index contributed by atoms with van der Waals surface area (Å²) < 4.78 is 0. The lowest BCUT2D eigenvalue weighted by Crippen LogP contribution is -2.30. The molecule has 0 saturated heterocycles. The van der Waals surface area contributed by atoms with Crippen molar-refractivity contribution in [3.05, 3.63) is 20.2 Å². The monoisotopic (exact) mass is 234 g/mol. The molecule has 0 aromatic heterocycles. The van der Waals surface area contributed by atoms with Crippen LogP contribution in [0.2, 0.25) is 0 Å². The third kappa shape index (κ3) is 3.21. The largest absolute Gasteiger partial charge is 0.308 e. The number of nitrogens with zero attached hydrogens (tertiary/aromatic N) is 2. The second-order valence-corrected chi connectivity index (χ2v) is 4.21. The summed E-state index contributed by atoms with van der Waals surface area (Å²) in [6.45, 7) is 3.92. The molecule has 0 spiro atoms. The van der Waals surface area contributed by atoms with E-state index in [1.54, 1.807) is 0 Å². The van der Waals surface area contributed by atoms with Crippen molar-refractivity contribution in [3.63, 3.8) is 0 Å². The SMILES string of the molecule is CC(C)C1C[C@@H](O[N+](=O)[O-])[C@H](O[N+](=O)[O-])C1. The molecule has 2 atom stereocenters. The Labute approximate surface area is 91.7 Å². The summed E-state index contributed by atoms with van der Waals surface area (Å²) in [5.41, 5.74) is 0. The van der Waals surface area contributed by atoms with Crippen molar-refractivity contribution < 1.29 is 19.8 Å². The molecule has 1 aliphatic carbocycles. The predicted octanol–water partition coefficient (Wildman–Crippen LogP) is 1.21. The standard InChI is InChI=1S/C8H14N2O6/c1-5(2)6-3-7(15-9(11)12)8(4-6)16-10(13)14/h5-8H,3-4H2,1-2H3/t7-,8-/m1/s1. The van der Waals surface area contributed by atoms with E-state index in [9.17, 15) is 20.2 Å². The third-order valence-electron chi connectivity index (χ3n) is 2.87. The number of rotatable bonds is 5. The Kier molecular flexibility index (Phi) is 3.86. The summed E-state index contributed by atoms with van der Waals surface area (Å²) in [6, 6.07) is 0. The molecule has 16 heavy (non-hydrogen) atoms. The van der Waals surface area contributed by atoms with E-state index in [1.807, 2.05) is 13.8 Å². The fourth-order valence-electron chi connectivity index (χ4n) is 1.98. The molecule has 1 saturated carbocycles. The van der Waals surface area contributed by atoms with E-state index in [0.717, 1.165) is 0 Å². The first kappa shape index (κ1) is 12.5. The molecule has 92 valence electrons. The van der Waals surface area contributed by atoms with Crippen molar-refractivity contribution in [3.8, 4) is 0 Å². The molecule has 0 bridgehead atoms. The molecule has 0 aromatic rings. The molecule has 0 heterocycles. The average Bonchev–Trinajstić information content (AvgIpc) is 2.46. The highest BCUT2D eigenvalue weighted by atomic mass is 17.0. The topological polar surface area (TPSA) is 105 Å². The molecule has 8 nitrogen and oxygen atoms in total. The van der Waals surface area contributed by atoms with Crippen molar-refractivity contribution in [2.75, 3.05) is 0 Å². The van der Waals surface area contributed by atoms with Crippen molar-refractivity contribution in [1.82, 2.24) is 0 Å². The maximum Gasteiger partial charge on any atom is 0.294 e.